The van der Waals surface area contributed by atoms with Crippen molar-refractivity contribution >= 4 is 33.2 Å². The zero-order valence-corrected chi connectivity index (χ0v) is 10.9. The van der Waals surface area contributed by atoms with Gasteiger partial charge in [0.15, 0.2) is 0 Å². The van der Waals surface area contributed by atoms with Crippen molar-refractivity contribution in [2.75, 3.05) is 0 Å². The summed E-state index contributed by atoms with van der Waals surface area (Å²) in [7, 11) is 0. The average molecular weight is 297 g/mol. The molecule has 0 atom stereocenters. The summed E-state index contributed by atoms with van der Waals surface area (Å²) in [6, 6.07) is 5.18. The Morgan fingerprint density at radius 2 is 2.06 bits per heavy atom. The number of hydrogen-bond donors (Lipinski definition) is 1. The Bertz CT molecular complexity index is 546. The van der Waals surface area contributed by atoms with E-state index in [0.29, 0.717) is 5.56 Å². The number of carboxylic acid groups (broad SMARTS) is 1. The Balaban J connectivity index is 2.60. The Labute approximate surface area is 106 Å². The van der Waals surface area contributed by atoms with E-state index in [2.05, 4.69) is 15.9 Å². The van der Waals surface area contributed by atoms with Gasteiger partial charge in [0, 0.05) is 15.4 Å². The second kappa shape index (κ2) is 4.39. The third-order valence-electron chi connectivity index (χ3n) is 2.39. The molecule has 0 saturated heterocycles. The van der Waals surface area contributed by atoms with Crippen LogP contribution in [0.2, 0.25) is 0 Å². The van der Waals surface area contributed by atoms with E-state index in [9.17, 15) is 4.79 Å². The van der Waals surface area contributed by atoms with Crippen LogP contribution < -0.4 is 0 Å². The van der Waals surface area contributed by atoms with Crippen molar-refractivity contribution in [3.05, 3.63) is 44.6 Å². The summed E-state index contributed by atoms with van der Waals surface area (Å²) in [6.45, 7) is 1.98. The van der Waals surface area contributed by atoms with E-state index >= 15 is 0 Å². The fourth-order valence-corrected chi connectivity index (χ4v) is 3.03. The highest BCUT2D eigenvalue weighted by Gasteiger charge is 2.10. The summed E-state index contributed by atoms with van der Waals surface area (Å²) >= 11 is 5.05. The van der Waals surface area contributed by atoms with Crippen LogP contribution in [-0.2, 0) is 0 Å². The van der Waals surface area contributed by atoms with E-state index in [1.807, 2.05) is 23.8 Å². The molecule has 0 amide bonds. The van der Waals surface area contributed by atoms with E-state index in [4.69, 9.17) is 5.11 Å². The first kappa shape index (κ1) is 11.4. The molecule has 2 nitrogen and oxygen atoms in total. The molecule has 0 aliphatic heterocycles. The number of rotatable bonds is 2. The lowest BCUT2D eigenvalue weighted by Gasteiger charge is -2.06. The molecule has 1 N–H and O–H groups in total. The molecule has 1 heterocycles. The van der Waals surface area contributed by atoms with E-state index in [0.717, 1.165) is 21.2 Å². The van der Waals surface area contributed by atoms with Crippen molar-refractivity contribution in [1.82, 2.24) is 0 Å². The van der Waals surface area contributed by atoms with Crippen LogP contribution >= 0.6 is 27.3 Å². The number of thiophene rings is 1. The zero-order chi connectivity index (χ0) is 11.7. The number of carboxylic acids is 1. The first-order chi connectivity index (χ1) is 7.59. The number of hydrogen-bond acceptors (Lipinski definition) is 2. The fourth-order valence-electron chi connectivity index (χ4n) is 1.52. The molecule has 0 aliphatic rings. The summed E-state index contributed by atoms with van der Waals surface area (Å²) in [6.07, 6.45) is 0. The second-order valence-corrected chi connectivity index (χ2v) is 5.07. The maximum atomic E-state index is 10.9. The molecule has 0 fully saturated rings. The largest absolute Gasteiger partial charge is 0.478 e. The molecule has 0 spiro atoms. The molecule has 82 valence electrons. The highest BCUT2D eigenvalue weighted by molar-refractivity contribution is 9.10. The molecule has 4 heteroatoms. The van der Waals surface area contributed by atoms with Gasteiger partial charge in [-0.2, -0.15) is 11.3 Å². The Kier molecular flexibility index (Phi) is 3.12. The van der Waals surface area contributed by atoms with Gasteiger partial charge in [-0.05, 0) is 51.5 Å². The molecule has 0 bridgehead atoms. The molecule has 0 saturated carbocycles. The van der Waals surface area contributed by atoms with Crippen LogP contribution in [0.3, 0.4) is 0 Å². The van der Waals surface area contributed by atoms with E-state index in [1.165, 1.54) is 0 Å². The summed E-state index contributed by atoms with van der Waals surface area (Å²) in [5.41, 5.74) is 3.40. The zero-order valence-electron chi connectivity index (χ0n) is 8.53. The Hall–Kier alpha value is -1.13. The van der Waals surface area contributed by atoms with Crippen molar-refractivity contribution in [3.8, 4) is 11.1 Å². The van der Waals surface area contributed by atoms with Gasteiger partial charge in [-0.15, -0.1) is 0 Å². The molecule has 16 heavy (non-hydrogen) atoms. The molecular weight excluding hydrogens is 288 g/mol. The van der Waals surface area contributed by atoms with Gasteiger partial charge < -0.3 is 5.11 Å². The Morgan fingerprint density at radius 1 is 1.31 bits per heavy atom. The monoisotopic (exact) mass is 296 g/mol. The van der Waals surface area contributed by atoms with E-state index < -0.39 is 5.97 Å². The number of aromatic carboxylic acids is 1. The predicted octanol–water partition coefficient (Wildman–Crippen LogP) is 4.18. The molecular formula is C12H9BrO2S. The molecule has 0 aliphatic carbocycles. The summed E-state index contributed by atoms with van der Waals surface area (Å²) in [5, 5.41) is 13.0. The molecule has 1 aromatic heterocycles. The quantitative estimate of drug-likeness (QED) is 0.902. The van der Waals surface area contributed by atoms with Gasteiger partial charge in [-0.25, -0.2) is 4.79 Å². The van der Waals surface area contributed by atoms with Crippen molar-refractivity contribution < 1.29 is 9.90 Å². The standard InChI is InChI=1S/C12H9BrO2S/c1-7-2-3-8(12(14)15)4-9(7)10-5-16-6-11(10)13/h2-6H,1H3,(H,14,15). The molecule has 0 unspecified atom stereocenters. The smallest absolute Gasteiger partial charge is 0.335 e. The second-order valence-electron chi connectivity index (χ2n) is 3.47. The van der Waals surface area contributed by atoms with Crippen molar-refractivity contribution in [2.24, 2.45) is 0 Å². The maximum Gasteiger partial charge on any atom is 0.335 e. The topological polar surface area (TPSA) is 37.3 Å². The minimum Gasteiger partial charge on any atom is -0.478 e. The van der Waals surface area contributed by atoms with Crippen LogP contribution in [0.1, 0.15) is 15.9 Å². The van der Waals surface area contributed by atoms with Crippen LogP contribution in [0.4, 0.5) is 0 Å². The lowest BCUT2D eigenvalue weighted by Crippen LogP contribution is -1.97. The number of aryl methyl sites for hydroxylation is 1. The van der Waals surface area contributed by atoms with Crippen molar-refractivity contribution in [2.45, 2.75) is 6.92 Å². The van der Waals surface area contributed by atoms with Gasteiger partial charge in [0.25, 0.3) is 0 Å². The van der Waals surface area contributed by atoms with E-state index in [1.54, 1.807) is 23.5 Å². The van der Waals surface area contributed by atoms with Crippen LogP contribution in [-0.4, -0.2) is 11.1 Å². The maximum absolute atomic E-state index is 10.9. The van der Waals surface area contributed by atoms with Gasteiger partial charge in [-0.3, -0.25) is 0 Å². The number of halogens is 1. The fraction of sp³-hybridized carbons (Fsp3) is 0.0833. The predicted molar refractivity (Wildman–Crippen MR) is 69.2 cm³/mol. The van der Waals surface area contributed by atoms with Crippen LogP contribution in [0.25, 0.3) is 11.1 Å². The Morgan fingerprint density at radius 3 is 2.62 bits per heavy atom. The van der Waals surface area contributed by atoms with E-state index in [-0.39, 0.29) is 0 Å². The SMILES string of the molecule is Cc1ccc(C(=O)O)cc1-c1cscc1Br. The molecule has 2 aromatic rings. The van der Waals surface area contributed by atoms with Gasteiger partial charge in [0.2, 0.25) is 0 Å². The van der Waals surface area contributed by atoms with Crippen molar-refractivity contribution in [1.29, 1.82) is 0 Å². The third-order valence-corrected chi connectivity index (χ3v) is 4.09. The van der Waals surface area contributed by atoms with Crippen LogP contribution in [0, 0.1) is 6.92 Å². The third kappa shape index (κ3) is 2.03. The van der Waals surface area contributed by atoms with Gasteiger partial charge >= 0.3 is 5.97 Å². The first-order valence-electron chi connectivity index (χ1n) is 4.65. The molecule has 2 rings (SSSR count). The summed E-state index contributed by atoms with van der Waals surface area (Å²) < 4.78 is 1.00. The van der Waals surface area contributed by atoms with Crippen LogP contribution in [0.15, 0.2) is 33.4 Å². The lowest BCUT2D eigenvalue weighted by molar-refractivity contribution is 0.0697. The number of carbonyl (C=O) groups is 1. The van der Waals surface area contributed by atoms with Gasteiger partial charge in [0.05, 0.1) is 5.56 Å². The highest BCUT2D eigenvalue weighted by atomic mass is 79.9. The lowest BCUT2D eigenvalue weighted by atomic mass is 10.0. The first-order valence-corrected chi connectivity index (χ1v) is 6.39. The normalized spacial score (nSPS) is 10.4. The average Bonchev–Trinajstić information content (AvgIpc) is 2.65. The summed E-state index contributed by atoms with van der Waals surface area (Å²) in [5.74, 6) is -0.896. The summed E-state index contributed by atoms with van der Waals surface area (Å²) in [4.78, 5) is 10.9. The molecule has 0 radical (unpaired) electrons. The van der Waals surface area contributed by atoms with Crippen molar-refractivity contribution in [3.63, 3.8) is 0 Å². The van der Waals surface area contributed by atoms with Gasteiger partial charge in [-0.1, -0.05) is 6.07 Å². The van der Waals surface area contributed by atoms with Crippen LogP contribution in [0.5, 0.6) is 0 Å². The van der Waals surface area contributed by atoms with Gasteiger partial charge in [0.1, 0.15) is 0 Å². The molecule has 1 aromatic carbocycles. The highest BCUT2D eigenvalue weighted by Crippen LogP contribution is 2.34. The number of benzene rings is 1. The minimum absolute atomic E-state index is 0.318. The minimum atomic E-state index is -0.896.